The Labute approximate surface area is 211 Å². The fourth-order valence-corrected chi connectivity index (χ4v) is 5.11. The molecule has 2 aromatic carbocycles. The van der Waals surface area contributed by atoms with Crippen LogP contribution in [-0.4, -0.2) is 33.2 Å². The Morgan fingerprint density at radius 1 is 1.03 bits per heavy atom. The molecule has 174 valence electrons. The monoisotopic (exact) mass is 523 g/mol. The number of benzene rings is 2. The van der Waals surface area contributed by atoms with Gasteiger partial charge >= 0.3 is 0 Å². The lowest BCUT2D eigenvalue weighted by Gasteiger charge is -2.37. The lowest BCUT2D eigenvalue weighted by atomic mass is 9.89. The van der Waals surface area contributed by atoms with Gasteiger partial charge < -0.3 is 4.74 Å². The molecule has 0 aliphatic carbocycles. The van der Waals surface area contributed by atoms with Gasteiger partial charge in [0.2, 0.25) is 5.88 Å². The first-order valence-corrected chi connectivity index (χ1v) is 12.6. The first-order valence-electron chi connectivity index (χ1n) is 10.3. The lowest BCUT2D eigenvalue weighted by molar-refractivity contribution is 0.0644. The molecule has 5 nitrogen and oxygen atoms in total. The van der Waals surface area contributed by atoms with E-state index in [0.29, 0.717) is 33.1 Å². The van der Waals surface area contributed by atoms with E-state index in [1.165, 1.54) is 0 Å². The van der Waals surface area contributed by atoms with Crippen molar-refractivity contribution < 1.29 is 8.95 Å². The molecule has 2 heterocycles. The van der Waals surface area contributed by atoms with Gasteiger partial charge in [-0.2, -0.15) is 0 Å². The highest BCUT2D eigenvalue weighted by Crippen LogP contribution is 2.45. The van der Waals surface area contributed by atoms with E-state index in [4.69, 9.17) is 44.5 Å². The van der Waals surface area contributed by atoms with Gasteiger partial charge in [0.25, 0.3) is 0 Å². The van der Waals surface area contributed by atoms with Crippen LogP contribution in [0.2, 0.25) is 15.1 Å². The number of fused-ring (bicyclic) bond motifs is 1. The lowest BCUT2D eigenvalue weighted by Crippen LogP contribution is -2.42. The van der Waals surface area contributed by atoms with E-state index in [1.54, 1.807) is 30.5 Å². The van der Waals surface area contributed by atoms with Crippen LogP contribution in [-0.2, 0) is 11.2 Å². The van der Waals surface area contributed by atoms with Crippen molar-refractivity contribution in [3.8, 4) is 28.3 Å². The summed E-state index contributed by atoms with van der Waals surface area (Å²) < 4.78 is 23.7. The Bertz CT molecular complexity index is 1220. The molecule has 1 aliphatic heterocycles. The normalized spacial score (nSPS) is 18.0. The van der Waals surface area contributed by atoms with Gasteiger partial charge in [-0.3, -0.25) is 0 Å². The van der Waals surface area contributed by atoms with E-state index >= 15 is 0 Å². The highest BCUT2D eigenvalue weighted by Gasteiger charge is 2.37. The van der Waals surface area contributed by atoms with Crippen LogP contribution < -0.4 is 9.46 Å². The maximum atomic E-state index is 12.6. The predicted octanol–water partition coefficient (Wildman–Crippen LogP) is 6.71. The van der Waals surface area contributed by atoms with Gasteiger partial charge in [0.1, 0.15) is 5.60 Å². The van der Waals surface area contributed by atoms with Crippen molar-refractivity contribution >= 4 is 46.0 Å². The quantitative estimate of drug-likeness (QED) is 0.404. The van der Waals surface area contributed by atoms with Crippen molar-refractivity contribution in [2.75, 3.05) is 14.1 Å². The number of hydrogen-bond acceptors (Lipinski definition) is 3. The van der Waals surface area contributed by atoms with Crippen LogP contribution in [0.4, 0.5) is 0 Å². The van der Waals surface area contributed by atoms with Crippen LogP contribution in [0.3, 0.4) is 0 Å². The molecule has 0 saturated heterocycles. The predicted molar refractivity (Wildman–Crippen MR) is 137 cm³/mol. The molecule has 2 atom stereocenters. The summed E-state index contributed by atoms with van der Waals surface area (Å²) in [5.41, 5.74) is 3.53. The van der Waals surface area contributed by atoms with E-state index in [-0.39, 0.29) is 6.04 Å². The summed E-state index contributed by atoms with van der Waals surface area (Å²) in [6.07, 6.45) is 0.627. The van der Waals surface area contributed by atoms with E-state index < -0.39 is 16.8 Å². The highest BCUT2D eigenvalue weighted by atomic mass is 35.5. The number of nitrogens with zero attached hydrogens (tertiary/aromatic N) is 2. The standard InChI is InChI=1S/C24H24Cl3N3O2S/c1-24(2)13-21(29-33(31)30(3)4)19-12-18(14-5-7-15(25)8-6-14)22(28-23(19)32-24)17-10-9-16(26)11-20(17)27/h5-12,21,29H,13H2,1-4H3. The van der Waals surface area contributed by atoms with Gasteiger partial charge in [-0.15, -0.1) is 0 Å². The Morgan fingerprint density at radius 3 is 2.33 bits per heavy atom. The number of nitrogens with one attached hydrogen (secondary N) is 1. The Balaban J connectivity index is 1.94. The molecule has 0 amide bonds. The smallest absolute Gasteiger partial charge is 0.219 e. The topological polar surface area (TPSA) is 54.5 Å². The molecule has 4 rings (SSSR count). The molecule has 2 unspecified atom stereocenters. The van der Waals surface area contributed by atoms with Crippen molar-refractivity contribution in [1.82, 2.24) is 14.0 Å². The van der Waals surface area contributed by atoms with E-state index in [9.17, 15) is 4.21 Å². The molecule has 0 spiro atoms. The van der Waals surface area contributed by atoms with E-state index in [0.717, 1.165) is 22.3 Å². The van der Waals surface area contributed by atoms with Crippen LogP contribution in [0.1, 0.15) is 31.9 Å². The van der Waals surface area contributed by atoms with Crippen LogP contribution in [0.15, 0.2) is 48.5 Å². The Kier molecular flexibility index (Phi) is 7.06. The van der Waals surface area contributed by atoms with Crippen molar-refractivity contribution in [3.05, 3.63) is 69.2 Å². The minimum Gasteiger partial charge on any atom is -0.471 e. The molecule has 33 heavy (non-hydrogen) atoms. The first-order chi connectivity index (χ1) is 15.5. The summed E-state index contributed by atoms with van der Waals surface area (Å²) in [5.74, 6) is 0.484. The number of hydrogen-bond donors (Lipinski definition) is 1. The van der Waals surface area contributed by atoms with E-state index in [1.807, 2.05) is 50.2 Å². The van der Waals surface area contributed by atoms with Gasteiger partial charge in [0, 0.05) is 47.3 Å². The number of halogens is 3. The number of rotatable bonds is 5. The van der Waals surface area contributed by atoms with Crippen LogP contribution >= 0.6 is 34.8 Å². The molecule has 0 bridgehead atoms. The van der Waals surface area contributed by atoms with Crippen molar-refractivity contribution in [2.24, 2.45) is 0 Å². The summed E-state index contributed by atoms with van der Waals surface area (Å²) in [6, 6.07) is 14.7. The minimum absolute atomic E-state index is 0.222. The van der Waals surface area contributed by atoms with Crippen LogP contribution in [0, 0.1) is 0 Å². The van der Waals surface area contributed by atoms with Crippen molar-refractivity contribution in [3.63, 3.8) is 0 Å². The molecular formula is C24H24Cl3N3O2S. The van der Waals surface area contributed by atoms with Gasteiger partial charge in [-0.05, 0) is 55.8 Å². The maximum Gasteiger partial charge on any atom is 0.219 e. The largest absolute Gasteiger partial charge is 0.471 e. The second-order valence-corrected chi connectivity index (χ2v) is 11.5. The molecule has 1 N–H and O–H groups in total. The zero-order valence-electron chi connectivity index (χ0n) is 18.7. The molecule has 9 heteroatoms. The fraction of sp³-hybridized carbons (Fsp3) is 0.292. The van der Waals surface area contributed by atoms with Crippen LogP contribution in [0.25, 0.3) is 22.4 Å². The maximum absolute atomic E-state index is 12.6. The number of aromatic nitrogens is 1. The van der Waals surface area contributed by atoms with E-state index in [2.05, 4.69) is 4.72 Å². The van der Waals surface area contributed by atoms with Crippen molar-refractivity contribution in [1.29, 1.82) is 0 Å². The highest BCUT2D eigenvalue weighted by molar-refractivity contribution is 7.80. The number of pyridine rings is 1. The summed E-state index contributed by atoms with van der Waals surface area (Å²) >= 11 is 17.5. The first kappa shape index (κ1) is 24.5. The van der Waals surface area contributed by atoms with Gasteiger partial charge in [0.15, 0.2) is 11.2 Å². The minimum atomic E-state index is -1.36. The number of ether oxygens (including phenoxy) is 1. The van der Waals surface area contributed by atoms with Gasteiger partial charge in [0.05, 0.1) is 16.8 Å². The second-order valence-electron chi connectivity index (χ2n) is 8.71. The molecule has 0 fully saturated rings. The third-order valence-corrected chi connectivity index (χ3v) is 7.32. The zero-order chi connectivity index (χ0) is 23.9. The average molecular weight is 525 g/mol. The zero-order valence-corrected chi connectivity index (χ0v) is 21.7. The molecule has 0 radical (unpaired) electrons. The Morgan fingerprint density at radius 2 is 1.70 bits per heavy atom. The summed E-state index contributed by atoms with van der Waals surface area (Å²) in [5, 5.41) is 1.67. The second kappa shape index (κ2) is 9.53. The average Bonchev–Trinajstić information content (AvgIpc) is 2.73. The third kappa shape index (κ3) is 5.37. The molecular weight excluding hydrogens is 501 g/mol. The van der Waals surface area contributed by atoms with Gasteiger partial charge in [-0.25, -0.2) is 18.2 Å². The summed E-state index contributed by atoms with van der Waals surface area (Å²) in [7, 11) is 3.52. The van der Waals surface area contributed by atoms with Crippen molar-refractivity contribution in [2.45, 2.75) is 31.9 Å². The summed E-state index contributed by atoms with van der Waals surface area (Å²) in [6.45, 7) is 3.99. The summed E-state index contributed by atoms with van der Waals surface area (Å²) in [4.78, 5) is 4.94. The third-order valence-electron chi connectivity index (χ3n) is 5.38. The molecule has 1 aliphatic rings. The molecule has 3 aromatic rings. The SMILES string of the molecule is CN(C)S(=O)NC1CC(C)(C)Oc2nc(-c3ccc(Cl)cc3Cl)c(-c3ccc(Cl)cc3)cc21. The molecule has 1 aromatic heterocycles. The molecule has 0 saturated carbocycles. The van der Waals surface area contributed by atoms with Crippen LogP contribution in [0.5, 0.6) is 5.88 Å². The Hall–Kier alpha value is -1.67. The fourth-order valence-electron chi connectivity index (χ4n) is 3.82. The van der Waals surface area contributed by atoms with Gasteiger partial charge in [-0.1, -0.05) is 46.9 Å².